The molecule has 0 heterocycles. The lowest BCUT2D eigenvalue weighted by Crippen LogP contribution is -2.53. The first-order chi connectivity index (χ1) is 17.7. The molecule has 2 rings (SSSR count). The van der Waals surface area contributed by atoms with Crippen LogP contribution in [0.5, 0.6) is 0 Å². The maximum atomic E-state index is 12.5. The first kappa shape index (κ1) is 30.6. The van der Waals surface area contributed by atoms with Gasteiger partial charge in [-0.1, -0.05) is 30.3 Å². The van der Waals surface area contributed by atoms with E-state index in [0.717, 1.165) is 5.56 Å². The Morgan fingerprint density at radius 3 is 2.29 bits per heavy atom. The molecule has 1 saturated carbocycles. The van der Waals surface area contributed by atoms with Crippen LogP contribution in [0.4, 0.5) is 4.79 Å². The van der Waals surface area contributed by atoms with Crippen molar-refractivity contribution in [2.75, 3.05) is 0 Å². The predicted octanol–water partition coefficient (Wildman–Crippen LogP) is 1.06. The highest BCUT2D eigenvalue weighted by Crippen LogP contribution is 2.27. The number of nitrogens with one attached hydrogen (secondary N) is 3. The lowest BCUT2D eigenvalue weighted by Gasteiger charge is -2.21. The topological polar surface area (TPSA) is 175 Å². The number of carbonyl (C=O) groups excluding carboxylic acids is 5. The van der Waals surface area contributed by atoms with Crippen molar-refractivity contribution in [3.63, 3.8) is 0 Å². The van der Waals surface area contributed by atoms with Crippen LogP contribution in [0.2, 0.25) is 0 Å². The first-order valence-electron chi connectivity index (χ1n) is 12.5. The highest BCUT2D eigenvalue weighted by molar-refractivity contribution is 5.92. The molecule has 1 aromatic rings. The molecule has 38 heavy (non-hydrogen) atoms. The average Bonchev–Trinajstić information content (AvgIpc) is 3.55. The molecule has 12 heteroatoms. The highest BCUT2D eigenvalue weighted by atomic mass is 16.6. The van der Waals surface area contributed by atoms with E-state index in [0.29, 0.717) is 6.42 Å². The zero-order valence-corrected chi connectivity index (χ0v) is 22.4. The van der Waals surface area contributed by atoms with Gasteiger partial charge >= 0.3 is 12.1 Å². The Hall–Kier alpha value is -3.67. The second-order valence-corrected chi connectivity index (χ2v) is 10.2. The van der Waals surface area contributed by atoms with Crippen molar-refractivity contribution in [2.45, 2.75) is 96.4 Å². The van der Waals surface area contributed by atoms with E-state index in [4.69, 9.17) is 19.9 Å². The van der Waals surface area contributed by atoms with Crippen LogP contribution in [-0.2, 0) is 40.0 Å². The van der Waals surface area contributed by atoms with Gasteiger partial charge in [-0.25, -0.2) is 4.79 Å². The normalized spacial score (nSPS) is 18.8. The molecular weight excluding hydrogens is 496 g/mol. The largest absolute Gasteiger partial charge is 0.461 e. The molecule has 0 radical (unpaired) electrons. The number of rotatable bonds is 13. The van der Waals surface area contributed by atoms with Gasteiger partial charge in [0, 0.05) is 6.42 Å². The molecule has 12 nitrogen and oxygen atoms in total. The van der Waals surface area contributed by atoms with Gasteiger partial charge in [0.15, 0.2) is 0 Å². The summed E-state index contributed by atoms with van der Waals surface area (Å²) >= 11 is 0. The molecular formula is C26H38N4O8. The fourth-order valence-electron chi connectivity index (χ4n) is 3.31. The molecule has 5 atom stereocenters. The Labute approximate surface area is 222 Å². The lowest BCUT2D eigenvalue weighted by atomic mass is 10.1. The van der Waals surface area contributed by atoms with Crippen LogP contribution in [0, 0.1) is 0 Å². The van der Waals surface area contributed by atoms with Crippen LogP contribution in [0.25, 0.3) is 0 Å². The number of hydrogen-bond donors (Lipinski definition) is 4. The predicted molar refractivity (Wildman–Crippen MR) is 136 cm³/mol. The van der Waals surface area contributed by atoms with Gasteiger partial charge in [0.2, 0.25) is 17.7 Å². The van der Waals surface area contributed by atoms with E-state index in [2.05, 4.69) is 16.0 Å². The fourth-order valence-corrected chi connectivity index (χ4v) is 3.31. The summed E-state index contributed by atoms with van der Waals surface area (Å²) < 4.78 is 16.0. The van der Waals surface area contributed by atoms with E-state index in [9.17, 15) is 24.0 Å². The van der Waals surface area contributed by atoms with Gasteiger partial charge in [0.05, 0.1) is 12.1 Å². The van der Waals surface area contributed by atoms with E-state index in [1.165, 1.54) is 13.8 Å². The van der Waals surface area contributed by atoms with Crippen molar-refractivity contribution in [1.82, 2.24) is 16.0 Å². The molecule has 0 bridgehead atoms. The number of carbonyl (C=O) groups is 5. The number of nitrogens with two attached hydrogens (primary N) is 1. The zero-order valence-electron chi connectivity index (χ0n) is 22.4. The molecule has 1 aliphatic rings. The van der Waals surface area contributed by atoms with Gasteiger partial charge in [-0.05, 0) is 53.0 Å². The van der Waals surface area contributed by atoms with Crippen LogP contribution in [0.15, 0.2) is 30.3 Å². The molecule has 0 aromatic heterocycles. The third-order valence-electron chi connectivity index (χ3n) is 5.47. The summed E-state index contributed by atoms with van der Waals surface area (Å²) in [5, 5.41) is 7.64. The standard InChI is InChI=1S/C26H38N4O8/c1-15(28-24(34)16(2)37-20-13-19(20)30-25(35)38-26(3,4)5)23(33)29-18(22(27)32)11-12-21(31)36-14-17-9-7-6-8-10-17/h6-10,15-16,18-20H,11-14H2,1-5H3,(H2,27,32)(H,28,34)(H,29,33)(H,30,35)/t15-,16-,18+,19+,20-/m0/s1. The number of amides is 4. The number of hydrogen-bond acceptors (Lipinski definition) is 8. The second kappa shape index (κ2) is 13.8. The smallest absolute Gasteiger partial charge is 0.407 e. The Kier molecular flexibility index (Phi) is 11.1. The number of esters is 1. The molecule has 4 amide bonds. The summed E-state index contributed by atoms with van der Waals surface area (Å²) in [6.07, 6.45) is -1.47. The summed E-state index contributed by atoms with van der Waals surface area (Å²) in [6, 6.07) is 6.72. The molecule has 0 aliphatic heterocycles. The SMILES string of the molecule is C[C@H](NC(=O)[C@H](C)O[C@H]1C[C@H]1NC(=O)OC(C)(C)C)C(=O)N[C@H](CCC(=O)OCc1ccccc1)C(N)=O. The highest BCUT2D eigenvalue weighted by Gasteiger charge is 2.42. The Balaban J connectivity index is 1.72. The third kappa shape index (κ3) is 11.2. The van der Waals surface area contributed by atoms with Crippen molar-refractivity contribution in [1.29, 1.82) is 0 Å². The molecule has 5 N–H and O–H groups in total. The Morgan fingerprint density at radius 2 is 1.68 bits per heavy atom. The molecule has 0 unspecified atom stereocenters. The molecule has 1 fully saturated rings. The number of primary amides is 1. The van der Waals surface area contributed by atoms with Crippen LogP contribution in [0.1, 0.15) is 59.4 Å². The summed E-state index contributed by atoms with van der Waals surface area (Å²) in [6.45, 7) is 8.32. The van der Waals surface area contributed by atoms with Gasteiger partial charge in [-0.2, -0.15) is 0 Å². The van der Waals surface area contributed by atoms with E-state index < -0.39 is 53.6 Å². The maximum Gasteiger partial charge on any atom is 0.407 e. The van der Waals surface area contributed by atoms with Gasteiger partial charge < -0.3 is 35.9 Å². The molecule has 0 spiro atoms. The Morgan fingerprint density at radius 1 is 1.03 bits per heavy atom. The van der Waals surface area contributed by atoms with Gasteiger partial charge in [0.25, 0.3) is 0 Å². The zero-order chi connectivity index (χ0) is 28.5. The van der Waals surface area contributed by atoms with E-state index >= 15 is 0 Å². The summed E-state index contributed by atoms with van der Waals surface area (Å²) in [5.41, 5.74) is 5.57. The number of benzene rings is 1. The van der Waals surface area contributed by atoms with E-state index in [1.807, 2.05) is 30.3 Å². The Bertz CT molecular complexity index is 995. The van der Waals surface area contributed by atoms with Gasteiger partial charge in [-0.3, -0.25) is 19.2 Å². The molecule has 0 saturated heterocycles. The summed E-state index contributed by atoms with van der Waals surface area (Å²) in [5.74, 6) is -2.55. The quantitative estimate of drug-likeness (QED) is 0.272. The minimum absolute atomic E-state index is 0.0530. The van der Waals surface area contributed by atoms with Gasteiger partial charge in [-0.15, -0.1) is 0 Å². The maximum absolute atomic E-state index is 12.5. The van der Waals surface area contributed by atoms with Crippen molar-refractivity contribution in [2.24, 2.45) is 5.73 Å². The van der Waals surface area contributed by atoms with E-state index in [-0.39, 0.29) is 31.6 Å². The van der Waals surface area contributed by atoms with Crippen LogP contribution >= 0.6 is 0 Å². The summed E-state index contributed by atoms with van der Waals surface area (Å²) in [4.78, 5) is 60.7. The minimum Gasteiger partial charge on any atom is -0.461 e. The number of ether oxygens (including phenoxy) is 3. The molecule has 1 aromatic carbocycles. The number of alkyl carbamates (subject to hydrolysis) is 1. The first-order valence-corrected chi connectivity index (χ1v) is 12.5. The van der Waals surface area contributed by atoms with Crippen molar-refractivity contribution in [3.8, 4) is 0 Å². The van der Waals surface area contributed by atoms with Crippen molar-refractivity contribution >= 4 is 29.8 Å². The minimum atomic E-state index is -1.12. The summed E-state index contributed by atoms with van der Waals surface area (Å²) in [7, 11) is 0. The van der Waals surface area contributed by atoms with Crippen LogP contribution in [-0.4, -0.2) is 65.7 Å². The van der Waals surface area contributed by atoms with Crippen molar-refractivity contribution in [3.05, 3.63) is 35.9 Å². The van der Waals surface area contributed by atoms with Crippen LogP contribution in [0.3, 0.4) is 0 Å². The fraction of sp³-hybridized carbons (Fsp3) is 0.577. The van der Waals surface area contributed by atoms with Crippen molar-refractivity contribution < 1.29 is 38.2 Å². The average molecular weight is 535 g/mol. The molecule has 1 aliphatic carbocycles. The monoisotopic (exact) mass is 534 g/mol. The van der Waals surface area contributed by atoms with E-state index in [1.54, 1.807) is 20.8 Å². The lowest BCUT2D eigenvalue weighted by molar-refractivity contribution is -0.145. The third-order valence-corrected chi connectivity index (χ3v) is 5.47. The second-order valence-electron chi connectivity index (χ2n) is 10.2. The van der Waals surface area contributed by atoms with Gasteiger partial charge in [0.1, 0.15) is 30.4 Å². The molecule has 210 valence electrons. The van der Waals surface area contributed by atoms with Crippen LogP contribution < -0.4 is 21.7 Å².